The first kappa shape index (κ1) is 20.2. The Morgan fingerprint density at radius 1 is 0.967 bits per heavy atom. The zero-order valence-electron chi connectivity index (χ0n) is 16.4. The van der Waals surface area contributed by atoms with E-state index in [9.17, 15) is 12.8 Å². The first-order valence-electron chi connectivity index (χ1n) is 9.46. The quantitative estimate of drug-likeness (QED) is 0.668. The Labute approximate surface area is 174 Å². The van der Waals surface area contributed by atoms with Gasteiger partial charge in [0.25, 0.3) is 0 Å². The summed E-state index contributed by atoms with van der Waals surface area (Å²) in [5.74, 6) is 1.36. The average molecular weight is 428 g/mol. The van der Waals surface area contributed by atoms with Gasteiger partial charge in [-0.2, -0.15) is 4.31 Å². The van der Waals surface area contributed by atoms with Crippen LogP contribution >= 0.6 is 0 Å². The van der Waals surface area contributed by atoms with Crippen molar-refractivity contribution in [3.63, 3.8) is 0 Å². The molecule has 156 valence electrons. The van der Waals surface area contributed by atoms with Gasteiger partial charge in [-0.25, -0.2) is 17.8 Å². The molecule has 1 fully saturated rings. The highest BCUT2D eigenvalue weighted by molar-refractivity contribution is 7.89. The van der Waals surface area contributed by atoms with Crippen LogP contribution < -0.4 is 10.2 Å². The third kappa shape index (κ3) is 4.39. The average Bonchev–Trinajstić information content (AvgIpc) is 2.74. The van der Waals surface area contributed by atoms with Gasteiger partial charge in [0.2, 0.25) is 10.0 Å². The van der Waals surface area contributed by atoms with E-state index in [-0.39, 0.29) is 18.0 Å². The molecule has 0 radical (unpaired) electrons. The van der Waals surface area contributed by atoms with Crippen LogP contribution in [0.4, 0.5) is 21.8 Å². The lowest BCUT2D eigenvalue weighted by Gasteiger charge is -2.34. The summed E-state index contributed by atoms with van der Waals surface area (Å²) < 4.78 is 40.2. The van der Waals surface area contributed by atoms with Crippen LogP contribution in [0.25, 0.3) is 0 Å². The number of nitrogens with one attached hydrogen (secondary N) is 1. The third-order valence-corrected chi connectivity index (χ3v) is 6.71. The van der Waals surface area contributed by atoms with Crippen LogP contribution in [0.5, 0.6) is 0 Å². The Kier molecular flexibility index (Phi) is 5.60. The van der Waals surface area contributed by atoms with Gasteiger partial charge in [-0.05, 0) is 55.0 Å². The van der Waals surface area contributed by atoms with Crippen molar-refractivity contribution in [1.82, 2.24) is 19.5 Å². The number of aromatic nitrogens is 3. The lowest BCUT2D eigenvalue weighted by molar-refractivity contribution is 0.383. The summed E-state index contributed by atoms with van der Waals surface area (Å²) in [6, 6.07) is 12.5. The monoisotopic (exact) mass is 428 g/mol. The number of aryl methyl sites for hydroxylation is 1. The first-order chi connectivity index (χ1) is 14.4. The molecule has 0 saturated carbocycles. The summed E-state index contributed by atoms with van der Waals surface area (Å²) in [6.07, 6.45) is 1.72. The highest BCUT2D eigenvalue weighted by atomic mass is 32.2. The fraction of sp³-hybridized carbons (Fsp3) is 0.250. The molecule has 0 atom stereocenters. The van der Waals surface area contributed by atoms with Crippen molar-refractivity contribution in [3.05, 3.63) is 66.1 Å². The zero-order chi connectivity index (χ0) is 21.1. The molecule has 0 spiro atoms. The van der Waals surface area contributed by atoms with Crippen molar-refractivity contribution < 1.29 is 12.8 Å². The highest BCUT2D eigenvalue weighted by Crippen LogP contribution is 2.21. The molecule has 1 aliphatic rings. The predicted octanol–water partition coefficient (Wildman–Crippen LogP) is 2.57. The van der Waals surface area contributed by atoms with Crippen LogP contribution in [0, 0.1) is 12.7 Å². The summed E-state index contributed by atoms with van der Waals surface area (Å²) in [7, 11) is -3.72. The van der Waals surface area contributed by atoms with E-state index in [1.807, 2.05) is 36.1 Å². The third-order valence-electron chi connectivity index (χ3n) is 4.82. The number of rotatable bonds is 5. The number of nitrogens with zero attached hydrogens (tertiary/aromatic N) is 5. The Balaban J connectivity index is 1.39. The number of halogens is 1. The van der Waals surface area contributed by atoms with Gasteiger partial charge < -0.3 is 10.2 Å². The van der Waals surface area contributed by atoms with E-state index in [2.05, 4.69) is 20.5 Å². The summed E-state index contributed by atoms with van der Waals surface area (Å²) in [5.41, 5.74) is 1.09. The largest absolute Gasteiger partial charge is 0.352 e. The van der Waals surface area contributed by atoms with Crippen molar-refractivity contribution in [2.24, 2.45) is 0 Å². The lowest BCUT2D eigenvalue weighted by Crippen LogP contribution is -2.49. The van der Waals surface area contributed by atoms with E-state index < -0.39 is 15.8 Å². The van der Waals surface area contributed by atoms with Crippen LogP contribution in [0.15, 0.2) is 59.6 Å². The smallest absolute Gasteiger partial charge is 0.243 e. The maximum Gasteiger partial charge on any atom is 0.243 e. The number of benzene rings is 1. The van der Waals surface area contributed by atoms with E-state index in [1.54, 1.807) is 6.20 Å². The molecule has 8 nitrogen and oxygen atoms in total. The van der Waals surface area contributed by atoms with Crippen LogP contribution in [-0.4, -0.2) is 54.1 Å². The van der Waals surface area contributed by atoms with Gasteiger partial charge >= 0.3 is 0 Å². The van der Waals surface area contributed by atoms with Crippen LogP contribution in [0.3, 0.4) is 0 Å². The number of anilines is 3. The number of pyridine rings is 1. The second-order valence-corrected chi connectivity index (χ2v) is 8.91. The van der Waals surface area contributed by atoms with E-state index in [0.29, 0.717) is 30.5 Å². The minimum absolute atomic E-state index is 0.0315. The molecule has 1 saturated heterocycles. The molecule has 0 aliphatic carbocycles. The van der Waals surface area contributed by atoms with Crippen molar-refractivity contribution in [2.45, 2.75) is 11.8 Å². The van der Waals surface area contributed by atoms with Crippen molar-refractivity contribution in [2.75, 3.05) is 36.4 Å². The molecule has 0 unspecified atom stereocenters. The summed E-state index contributed by atoms with van der Waals surface area (Å²) in [6.45, 7) is 3.49. The Morgan fingerprint density at radius 2 is 1.77 bits per heavy atom. The van der Waals surface area contributed by atoms with E-state index in [0.717, 1.165) is 11.6 Å². The fourth-order valence-corrected chi connectivity index (χ4v) is 4.68. The molecular formula is C20H21FN6O2S. The van der Waals surface area contributed by atoms with Gasteiger partial charge in [-0.3, -0.25) is 0 Å². The molecule has 4 rings (SSSR count). The predicted molar refractivity (Wildman–Crippen MR) is 112 cm³/mol. The first-order valence-corrected chi connectivity index (χ1v) is 10.9. The molecule has 10 heteroatoms. The van der Waals surface area contributed by atoms with E-state index >= 15 is 0 Å². The maximum absolute atomic E-state index is 13.4. The zero-order valence-corrected chi connectivity index (χ0v) is 17.2. The van der Waals surface area contributed by atoms with Gasteiger partial charge in [0, 0.05) is 32.4 Å². The van der Waals surface area contributed by atoms with Gasteiger partial charge in [-0.1, -0.05) is 6.07 Å². The van der Waals surface area contributed by atoms with Crippen molar-refractivity contribution in [1.29, 1.82) is 0 Å². The fourth-order valence-electron chi connectivity index (χ4n) is 3.23. The van der Waals surface area contributed by atoms with E-state index in [1.165, 1.54) is 22.5 Å². The number of hydrogen-bond acceptors (Lipinski definition) is 7. The van der Waals surface area contributed by atoms with Crippen molar-refractivity contribution >= 4 is 27.5 Å². The molecule has 0 bridgehead atoms. The van der Waals surface area contributed by atoms with Crippen LogP contribution in [0.1, 0.15) is 5.56 Å². The van der Waals surface area contributed by atoms with Gasteiger partial charge in [0.1, 0.15) is 11.6 Å². The molecule has 2 aromatic heterocycles. The number of hydrogen-bond donors (Lipinski definition) is 1. The summed E-state index contributed by atoms with van der Waals surface area (Å²) in [5, 5.41) is 11.5. The van der Waals surface area contributed by atoms with E-state index in [4.69, 9.17) is 0 Å². The normalized spacial score (nSPS) is 15.2. The number of piperazine rings is 1. The molecule has 0 amide bonds. The van der Waals surface area contributed by atoms with Gasteiger partial charge in [0.05, 0.1) is 4.90 Å². The SMILES string of the molecule is Cc1ccnc(Nc2ccc(N3CCN(S(=O)(=O)c4cccc(F)c4)CC3)nn2)c1. The Morgan fingerprint density at radius 3 is 2.43 bits per heavy atom. The second kappa shape index (κ2) is 8.33. The molecule has 1 aromatic carbocycles. The van der Waals surface area contributed by atoms with Gasteiger partial charge in [-0.15, -0.1) is 10.2 Å². The minimum atomic E-state index is -3.72. The molecule has 30 heavy (non-hydrogen) atoms. The maximum atomic E-state index is 13.4. The number of sulfonamides is 1. The highest BCUT2D eigenvalue weighted by Gasteiger charge is 2.29. The topological polar surface area (TPSA) is 91.3 Å². The lowest BCUT2D eigenvalue weighted by atomic mass is 10.3. The van der Waals surface area contributed by atoms with Gasteiger partial charge in [0.15, 0.2) is 11.6 Å². The Hall–Kier alpha value is -3.11. The summed E-state index contributed by atoms with van der Waals surface area (Å²) >= 11 is 0. The molecule has 1 N–H and O–H groups in total. The van der Waals surface area contributed by atoms with Crippen molar-refractivity contribution in [3.8, 4) is 0 Å². The standard InChI is InChI=1S/C20H21FN6O2S/c1-15-7-8-22-19(13-15)23-18-5-6-20(25-24-18)26-9-11-27(12-10-26)30(28,29)17-4-2-3-16(21)14-17/h2-8,13-14H,9-12H2,1H3,(H,22,23,24). The molecule has 1 aliphatic heterocycles. The molecular weight excluding hydrogens is 407 g/mol. The van der Waals surface area contributed by atoms with Crippen LogP contribution in [-0.2, 0) is 10.0 Å². The summed E-state index contributed by atoms with van der Waals surface area (Å²) in [4.78, 5) is 6.17. The Bertz CT molecular complexity index is 1130. The molecule has 3 heterocycles. The second-order valence-electron chi connectivity index (χ2n) is 6.97. The van der Waals surface area contributed by atoms with Crippen LogP contribution in [0.2, 0.25) is 0 Å². The molecule has 3 aromatic rings. The minimum Gasteiger partial charge on any atom is -0.352 e.